The van der Waals surface area contributed by atoms with E-state index in [0.29, 0.717) is 12.5 Å². The molecule has 3 aromatic heterocycles. The van der Waals surface area contributed by atoms with Crippen molar-refractivity contribution in [2.45, 2.75) is 38.8 Å². The highest BCUT2D eigenvalue weighted by Crippen LogP contribution is 2.30. The summed E-state index contributed by atoms with van der Waals surface area (Å²) >= 11 is 6.36. The van der Waals surface area contributed by atoms with Crippen LogP contribution in [0.5, 0.6) is 0 Å². The van der Waals surface area contributed by atoms with E-state index in [1.54, 1.807) is 6.20 Å². The van der Waals surface area contributed by atoms with Crippen LogP contribution in [0.25, 0.3) is 5.65 Å². The standard InChI is InChI=1S/C25H27ClN6/c1-18-14-29-32-24(28-16-19-5-4-10-27-15-19)13-23(30-25(18)32)20-8-11-31(12-9-20)17-21-6-2-3-7-22(21)26/h2-7,10,13-15,20,28H,8-9,11-12,16-17H2,1H3. The molecule has 4 aromatic rings. The van der Waals surface area contributed by atoms with Gasteiger partial charge < -0.3 is 5.32 Å². The lowest BCUT2D eigenvalue weighted by molar-refractivity contribution is 0.203. The molecule has 5 rings (SSSR count). The van der Waals surface area contributed by atoms with Gasteiger partial charge in [0.15, 0.2) is 5.65 Å². The number of benzene rings is 1. The Labute approximate surface area is 193 Å². The molecule has 0 unspecified atom stereocenters. The van der Waals surface area contributed by atoms with E-state index in [1.165, 1.54) is 5.56 Å². The maximum atomic E-state index is 6.36. The van der Waals surface area contributed by atoms with Crippen molar-refractivity contribution in [2.24, 2.45) is 0 Å². The van der Waals surface area contributed by atoms with Crippen molar-refractivity contribution in [3.8, 4) is 0 Å². The van der Waals surface area contributed by atoms with Crippen LogP contribution in [0.4, 0.5) is 5.82 Å². The lowest BCUT2D eigenvalue weighted by Gasteiger charge is -2.32. The van der Waals surface area contributed by atoms with E-state index in [-0.39, 0.29) is 0 Å². The zero-order valence-corrected chi connectivity index (χ0v) is 19.0. The number of pyridine rings is 1. The fraction of sp³-hybridized carbons (Fsp3) is 0.320. The Balaban J connectivity index is 1.32. The minimum Gasteiger partial charge on any atom is -0.366 e. The zero-order valence-electron chi connectivity index (χ0n) is 18.2. The summed E-state index contributed by atoms with van der Waals surface area (Å²) in [4.78, 5) is 11.7. The summed E-state index contributed by atoms with van der Waals surface area (Å²) in [5.41, 5.74) is 5.49. The van der Waals surface area contributed by atoms with E-state index >= 15 is 0 Å². The minimum atomic E-state index is 0.440. The van der Waals surface area contributed by atoms with Gasteiger partial charge in [-0.2, -0.15) is 9.61 Å². The summed E-state index contributed by atoms with van der Waals surface area (Å²) in [7, 11) is 0. The SMILES string of the molecule is Cc1cnn2c(NCc3cccnc3)cc(C3CCN(Cc4ccccc4Cl)CC3)nc12. The van der Waals surface area contributed by atoms with Crippen molar-refractivity contribution in [3.63, 3.8) is 0 Å². The van der Waals surface area contributed by atoms with Crippen LogP contribution in [0, 0.1) is 6.92 Å². The van der Waals surface area contributed by atoms with E-state index in [1.807, 2.05) is 35.1 Å². The van der Waals surface area contributed by atoms with Crippen molar-refractivity contribution in [1.29, 1.82) is 0 Å². The summed E-state index contributed by atoms with van der Waals surface area (Å²) in [6.07, 6.45) is 7.73. The largest absolute Gasteiger partial charge is 0.366 e. The number of nitrogens with one attached hydrogen (secondary N) is 1. The molecular formula is C25H27ClN6. The molecule has 1 aliphatic heterocycles. The van der Waals surface area contributed by atoms with Crippen LogP contribution in [-0.4, -0.2) is 37.6 Å². The molecule has 0 bridgehead atoms. The van der Waals surface area contributed by atoms with Crippen LogP contribution >= 0.6 is 11.6 Å². The highest BCUT2D eigenvalue weighted by Gasteiger charge is 2.23. The Morgan fingerprint density at radius 2 is 1.94 bits per heavy atom. The highest BCUT2D eigenvalue weighted by molar-refractivity contribution is 6.31. The number of halogens is 1. The maximum Gasteiger partial charge on any atom is 0.160 e. The molecule has 7 heteroatoms. The summed E-state index contributed by atoms with van der Waals surface area (Å²) in [6, 6.07) is 14.3. The van der Waals surface area contributed by atoms with E-state index in [2.05, 4.69) is 51.5 Å². The minimum absolute atomic E-state index is 0.440. The molecule has 0 saturated carbocycles. The van der Waals surface area contributed by atoms with Gasteiger partial charge in [-0.25, -0.2) is 4.98 Å². The van der Waals surface area contributed by atoms with Crippen molar-refractivity contribution >= 4 is 23.1 Å². The Bertz CT molecular complexity index is 1200. The summed E-state index contributed by atoms with van der Waals surface area (Å²) in [5.74, 6) is 1.41. The first-order valence-electron chi connectivity index (χ1n) is 11.1. The Hall–Kier alpha value is -2.96. The van der Waals surface area contributed by atoms with Gasteiger partial charge in [-0.15, -0.1) is 0 Å². The number of hydrogen-bond acceptors (Lipinski definition) is 5. The molecule has 32 heavy (non-hydrogen) atoms. The van der Waals surface area contributed by atoms with Crippen molar-refractivity contribution in [2.75, 3.05) is 18.4 Å². The second kappa shape index (κ2) is 9.27. The summed E-state index contributed by atoms with van der Waals surface area (Å²) in [5, 5.41) is 8.93. The van der Waals surface area contributed by atoms with Crippen molar-refractivity contribution in [3.05, 3.63) is 88.5 Å². The topological polar surface area (TPSA) is 58.4 Å². The average molecular weight is 447 g/mol. The van der Waals surface area contributed by atoms with E-state index in [9.17, 15) is 0 Å². The highest BCUT2D eigenvalue weighted by atomic mass is 35.5. The number of piperidine rings is 1. The van der Waals surface area contributed by atoms with Crippen LogP contribution in [0.1, 0.15) is 41.1 Å². The van der Waals surface area contributed by atoms with Gasteiger partial charge in [0.2, 0.25) is 0 Å². The summed E-state index contributed by atoms with van der Waals surface area (Å²) < 4.78 is 1.90. The third-order valence-electron chi connectivity index (χ3n) is 6.22. The maximum absolute atomic E-state index is 6.36. The molecule has 1 saturated heterocycles. The molecule has 6 nitrogen and oxygen atoms in total. The third kappa shape index (κ3) is 4.47. The van der Waals surface area contributed by atoms with E-state index in [4.69, 9.17) is 16.6 Å². The molecule has 1 N–H and O–H groups in total. The number of hydrogen-bond donors (Lipinski definition) is 1. The zero-order chi connectivity index (χ0) is 21.9. The Kier molecular flexibility index (Phi) is 6.06. The van der Waals surface area contributed by atoms with E-state index < -0.39 is 0 Å². The van der Waals surface area contributed by atoms with E-state index in [0.717, 1.165) is 65.8 Å². The molecule has 1 fully saturated rings. The number of aryl methyl sites for hydroxylation is 1. The molecule has 1 aromatic carbocycles. The predicted molar refractivity (Wildman–Crippen MR) is 128 cm³/mol. The van der Waals surface area contributed by atoms with Gasteiger partial charge in [0, 0.05) is 53.7 Å². The molecule has 164 valence electrons. The summed E-state index contributed by atoms with van der Waals surface area (Å²) in [6.45, 7) is 5.75. The second-order valence-corrected chi connectivity index (χ2v) is 8.89. The predicted octanol–water partition coefficient (Wildman–Crippen LogP) is 5.08. The van der Waals surface area contributed by atoms with Gasteiger partial charge in [0.05, 0.1) is 6.20 Å². The number of aromatic nitrogens is 4. The molecule has 0 radical (unpaired) electrons. The lowest BCUT2D eigenvalue weighted by atomic mass is 9.93. The van der Waals surface area contributed by atoms with Crippen molar-refractivity contribution in [1.82, 2.24) is 24.5 Å². The first-order chi connectivity index (χ1) is 15.7. The fourth-order valence-corrected chi connectivity index (χ4v) is 4.57. The normalized spacial score (nSPS) is 15.3. The third-order valence-corrected chi connectivity index (χ3v) is 6.59. The molecule has 0 spiro atoms. The Morgan fingerprint density at radius 3 is 2.72 bits per heavy atom. The van der Waals surface area contributed by atoms with Gasteiger partial charge in [0.1, 0.15) is 5.82 Å². The van der Waals surface area contributed by atoms with Crippen LogP contribution in [0.15, 0.2) is 61.1 Å². The smallest absolute Gasteiger partial charge is 0.160 e. The number of rotatable bonds is 6. The molecular weight excluding hydrogens is 420 g/mol. The van der Waals surface area contributed by atoms with Crippen molar-refractivity contribution < 1.29 is 0 Å². The molecule has 0 atom stereocenters. The van der Waals surface area contributed by atoms with Gasteiger partial charge in [0.25, 0.3) is 0 Å². The fourth-order valence-electron chi connectivity index (χ4n) is 4.38. The van der Waals surface area contributed by atoms with Gasteiger partial charge in [-0.1, -0.05) is 35.9 Å². The van der Waals surface area contributed by atoms with Crippen LogP contribution in [0.3, 0.4) is 0 Å². The van der Waals surface area contributed by atoms with Crippen LogP contribution < -0.4 is 5.32 Å². The number of likely N-dealkylation sites (tertiary alicyclic amines) is 1. The lowest BCUT2D eigenvalue weighted by Crippen LogP contribution is -2.32. The first-order valence-corrected chi connectivity index (χ1v) is 11.5. The van der Waals surface area contributed by atoms with Gasteiger partial charge >= 0.3 is 0 Å². The molecule has 0 aliphatic carbocycles. The number of nitrogens with zero attached hydrogens (tertiary/aromatic N) is 5. The van der Waals surface area contributed by atoms with Crippen LogP contribution in [0.2, 0.25) is 5.02 Å². The van der Waals surface area contributed by atoms with Gasteiger partial charge in [-0.3, -0.25) is 9.88 Å². The first kappa shape index (κ1) is 20.9. The Morgan fingerprint density at radius 1 is 1.09 bits per heavy atom. The molecule has 0 amide bonds. The monoisotopic (exact) mass is 446 g/mol. The van der Waals surface area contributed by atoms with Gasteiger partial charge in [-0.05, 0) is 56.1 Å². The number of anilines is 1. The molecule has 1 aliphatic rings. The molecule has 4 heterocycles. The average Bonchev–Trinajstić information content (AvgIpc) is 3.21. The van der Waals surface area contributed by atoms with Crippen LogP contribution in [-0.2, 0) is 13.1 Å². The second-order valence-electron chi connectivity index (χ2n) is 8.49. The number of fused-ring (bicyclic) bond motifs is 1. The quantitative estimate of drug-likeness (QED) is 0.447.